The average Bonchev–Trinajstić information content (AvgIpc) is 2.52. The molecule has 22 heavy (non-hydrogen) atoms. The molecule has 7 heteroatoms. The Balaban J connectivity index is 1.44. The molecule has 2 aromatic heterocycles. The monoisotopic (exact) mass is 363 g/mol. The van der Waals surface area contributed by atoms with E-state index in [1.165, 1.54) is 6.07 Å². The van der Waals surface area contributed by atoms with E-state index in [1.807, 2.05) is 0 Å². The lowest BCUT2D eigenvalue weighted by atomic mass is 9.88. The fraction of sp³-hybridized carbons (Fsp3) is 0.400. The molecular weight excluding hydrogens is 349 g/mol. The van der Waals surface area contributed by atoms with Gasteiger partial charge in [-0.15, -0.1) is 0 Å². The van der Waals surface area contributed by atoms with Gasteiger partial charge in [-0.05, 0) is 34.5 Å². The lowest BCUT2D eigenvalue weighted by Gasteiger charge is -2.56. The number of rotatable bonds is 3. The van der Waals surface area contributed by atoms with Crippen LogP contribution in [-0.2, 0) is 6.54 Å². The fourth-order valence-electron chi connectivity index (χ4n) is 3.34. The van der Waals surface area contributed by atoms with Gasteiger partial charge < -0.3 is 4.90 Å². The van der Waals surface area contributed by atoms with Crippen molar-refractivity contribution in [3.8, 4) is 0 Å². The zero-order valence-corrected chi connectivity index (χ0v) is 13.4. The minimum absolute atomic E-state index is 0.227. The number of pyridine rings is 1. The molecule has 3 fully saturated rings. The lowest BCUT2D eigenvalue weighted by molar-refractivity contribution is 0.104. The number of hydrogen-bond acceptors (Lipinski definition) is 5. The van der Waals surface area contributed by atoms with Gasteiger partial charge >= 0.3 is 0 Å². The van der Waals surface area contributed by atoms with Gasteiger partial charge in [0, 0.05) is 50.3 Å². The molecule has 0 aliphatic carbocycles. The molecule has 0 radical (unpaired) electrons. The van der Waals surface area contributed by atoms with Crippen LogP contribution in [0.3, 0.4) is 0 Å². The third-order valence-corrected chi connectivity index (χ3v) is 4.72. The van der Waals surface area contributed by atoms with Crippen molar-refractivity contribution in [3.63, 3.8) is 0 Å². The molecule has 3 aliphatic rings. The molecule has 0 aromatic carbocycles. The van der Waals surface area contributed by atoms with Gasteiger partial charge in [0.05, 0.1) is 10.2 Å². The predicted octanol–water partition coefficient (Wildman–Crippen LogP) is 2.24. The highest BCUT2D eigenvalue weighted by Crippen LogP contribution is 2.35. The molecule has 3 aliphatic heterocycles. The number of fused-ring (bicyclic) bond motifs is 2. The van der Waals surface area contributed by atoms with E-state index in [2.05, 4.69) is 40.7 Å². The van der Waals surface area contributed by atoms with Gasteiger partial charge in [-0.2, -0.15) is 0 Å². The van der Waals surface area contributed by atoms with E-state index in [-0.39, 0.29) is 5.82 Å². The number of hydrogen-bond donors (Lipinski definition) is 0. The van der Waals surface area contributed by atoms with Gasteiger partial charge in [0.15, 0.2) is 0 Å². The molecule has 3 saturated heterocycles. The van der Waals surface area contributed by atoms with Crippen molar-refractivity contribution < 1.29 is 4.39 Å². The zero-order chi connectivity index (χ0) is 15.1. The summed E-state index contributed by atoms with van der Waals surface area (Å²) < 4.78 is 14.6. The van der Waals surface area contributed by atoms with Crippen molar-refractivity contribution in [3.05, 3.63) is 46.7 Å². The molecule has 2 aromatic rings. The lowest BCUT2D eigenvalue weighted by Crippen LogP contribution is -2.69. The molecule has 5 rings (SSSR count). The van der Waals surface area contributed by atoms with Crippen molar-refractivity contribution in [1.82, 2.24) is 19.9 Å². The highest BCUT2D eigenvalue weighted by molar-refractivity contribution is 9.10. The van der Waals surface area contributed by atoms with Crippen molar-refractivity contribution in [2.24, 2.45) is 0 Å². The van der Waals surface area contributed by atoms with Crippen LogP contribution in [-0.4, -0.2) is 45.0 Å². The second kappa shape index (κ2) is 5.55. The van der Waals surface area contributed by atoms with E-state index < -0.39 is 0 Å². The first kappa shape index (κ1) is 14.0. The van der Waals surface area contributed by atoms with Crippen molar-refractivity contribution in [2.45, 2.75) is 25.0 Å². The molecule has 114 valence electrons. The number of aromatic nitrogens is 3. The van der Waals surface area contributed by atoms with Gasteiger partial charge in [0.2, 0.25) is 5.95 Å². The topological polar surface area (TPSA) is 45.2 Å². The molecule has 2 bridgehead atoms. The van der Waals surface area contributed by atoms with Crippen LogP contribution in [0.15, 0.2) is 35.2 Å². The summed E-state index contributed by atoms with van der Waals surface area (Å²) in [5.74, 6) is 0.558. The molecule has 0 saturated carbocycles. The molecule has 0 N–H and O–H groups in total. The number of piperazine rings is 1. The highest BCUT2D eigenvalue weighted by atomic mass is 79.9. The van der Waals surface area contributed by atoms with Gasteiger partial charge in [-0.3, -0.25) is 9.88 Å². The third-order valence-electron chi connectivity index (χ3n) is 4.31. The Kier molecular flexibility index (Phi) is 3.54. The highest BCUT2D eigenvalue weighted by Gasteiger charge is 2.45. The molecule has 2 unspecified atom stereocenters. The Hall–Kier alpha value is -1.60. The molecule has 0 amide bonds. The Morgan fingerprint density at radius 3 is 2.59 bits per heavy atom. The molecule has 0 spiro atoms. The van der Waals surface area contributed by atoms with Crippen LogP contribution in [0.4, 0.5) is 10.3 Å². The number of halogens is 2. The van der Waals surface area contributed by atoms with Crippen molar-refractivity contribution >= 4 is 21.9 Å². The molecule has 5 heterocycles. The summed E-state index contributed by atoms with van der Waals surface area (Å²) in [6.07, 6.45) is 6.35. The second-order valence-electron chi connectivity index (χ2n) is 5.78. The van der Waals surface area contributed by atoms with Crippen LogP contribution in [0.5, 0.6) is 0 Å². The Labute approximate surface area is 136 Å². The maximum Gasteiger partial charge on any atom is 0.225 e. The van der Waals surface area contributed by atoms with Crippen LogP contribution in [0.1, 0.15) is 12.1 Å². The molecule has 2 atom stereocenters. The summed E-state index contributed by atoms with van der Waals surface area (Å²) in [5, 5.41) is 0. The van der Waals surface area contributed by atoms with E-state index in [0.29, 0.717) is 24.3 Å². The Bertz CT molecular complexity index is 668. The minimum atomic E-state index is -0.227. The minimum Gasteiger partial charge on any atom is -0.332 e. The maximum absolute atomic E-state index is 13.7. The normalized spacial score (nSPS) is 24.2. The van der Waals surface area contributed by atoms with E-state index in [4.69, 9.17) is 0 Å². The van der Waals surface area contributed by atoms with E-state index >= 15 is 0 Å². The smallest absolute Gasteiger partial charge is 0.225 e. The van der Waals surface area contributed by atoms with Gasteiger partial charge in [-0.1, -0.05) is 0 Å². The zero-order valence-electron chi connectivity index (χ0n) is 11.9. The van der Waals surface area contributed by atoms with E-state index in [9.17, 15) is 4.39 Å². The number of piperidine rings is 1. The van der Waals surface area contributed by atoms with Gasteiger partial charge in [0.1, 0.15) is 5.82 Å². The van der Waals surface area contributed by atoms with Crippen LogP contribution in [0.2, 0.25) is 0 Å². The van der Waals surface area contributed by atoms with Crippen LogP contribution in [0, 0.1) is 5.82 Å². The Morgan fingerprint density at radius 2 is 1.91 bits per heavy atom. The summed E-state index contributed by atoms with van der Waals surface area (Å²) in [5.41, 5.74) is 0.523. The second-order valence-corrected chi connectivity index (χ2v) is 6.69. The third kappa shape index (κ3) is 2.48. The van der Waals surface area contributed by atoms with Gasteiger partial charge in [-0.25, -0.2) is 14.4 Å². The first-order valence-electron chi connectivity index (χ1n) is 7.28. The summed E-state index contributed by atoms with van der Waals surface area (Å²) >= 11 is 3.35. The average molecular weight is 364 g/mol. The molecule has 5 nitrogen and oxygen atoms in total. The summed E-state index contributed by atoms with van der Waals surface area (Å²) in [4.78, 5) is 17.4. The standard InChI is InChI=1S/C15H15BrFN5/c16-10-5-19-15(20-6-10)22-11-4-12(22)8-21(7-11)9-14-13(17)2-1-3-18-14/h1-3,5-6,11-12H,4,7-9H2. The molecular formula is C15H15BrFN5. The van der Waals surface area contributed by atoms with E-state index in [0.717, 1.165) is 29.9 Å². The van der Waals surface area contributed by atoms with Crippen molar-refractivity contribution in [2.75, 3.05) is 18.0 Å². The maximum atomic E-state index is 13.7. The van der Waals surface area contributed by atoms with Crippen LogP contribution >= 0.6 is 15.9 Å². The SMILES string of the molecule is Fc1cccnc1CN1CC2CC(C1)N2c1ncc(Br)cn1. The van der Waals surface area contributed by atoms with Crippen LogP contribution < -0.4 is 4.90 Å². The van der Waals surface area contributed by atoms with E-state index in [1.54, 1.807) is 24.7 Å². The van der Waals surface area contributed by atoms with Gasteiger partial charge in [0.25, 0.3) is 0 Å². The van der Waals surface area contributed by atoms with Crippen LogP contribution in [0.25, 0.3) is 0 Å². The number of anilines is 1. The first-order chi connectivity index (χ1) is 10.7. The number of nitrogens with zero attached hydrogens (tertiary/aromatic N) is 5. The van der Waals surface area contributed by atoms with Crippen molar-refractivity contribution in [1.29, 1.82) is 0 Å². The predicted molar refractivity (Wildman–Crippen MR) is 83.9 cm³/mol. The largest absolute Gasteiger partial charge is 0.332 e. The fourth-order valence-corrected chi connectivity index (χ4v) is 3.54. The summed E-state index contributed by atoms with van der Waals surface area (Å²) in [6, 6.07) is 3.91. The quantitative estimate of drug-likeness (QED) is 0.836. The summed E-state index contributed by atoms with van der Waals surface area (Å²) in [7, 11) is 0. The Morgan fingerprint density at radius 1 is 1.18 bits per heavy atom. The first-order valence-corrected chi connectivity index (χ1v) is 8.07. The summed E-state index contributed by atoms with van der Waals surface area (Å²) in [6.45, 7) is 2.35.